The minimum absolute atomic E-state index is 0.302. The number of primary amides is 1. The van der Waals surface area contributed by atoms with E-state index in [-0.39, 0.29) is 17.9 Å². The Morgan fingerprint density at radius 1 is 0.632 bits per heavy atom. The van der Waals surface area contributed by atoms with Crippen molar-refractivity contribution in [3.05, 3.63) is 0 Å². The van der Waals surface area contributed by atoms with E-state index in [0.29, 0.717) is 0 Å². The molecule has 0 fully saturated rings. The molecule has 0 aromatic rings. The smallest absolute Gasteiger partial charge is 0.326 e. The second kappa shape index (κ2) is 17.0. The number of thiol groups is 2. The van der Waals surface area contributed by atoms with E-state index in [0.717, 1.165) is 0 Å². The highest BCUT2D eigenvalue weighted by molar-refractivity contribution is 7.80. The van der Waals surface area contributed by atoms with Gasteiger partial charge in [0.15, 0.2) is 0 Å². The summed E-state index contributed by atoms with van der Waals surface area (Å²) in [7, 11) is 0. The maximum Gasteiger partial charge on any atom is 0.326 e. The molecule has 0 saturated carbocycles. The Labute approximate surface area is 226 Å². The molecule has 5 amide bonds. The van der Waals surface area contributed by atoms with Gasteiger partial charge in [0.2, 0.25) is 29.5 Å². The molecule has 17 nitrogen and oxygen atoms in total. The van der Waals surface area contributed by atoms with Crippen LogP contribution in [0.3, 0.4) is 0 Å². The van der Waals surface area contributed by atoms with Gasteiger partial charge in [-0.15, -0.1) is 0 Å². The van der Waals surface area contributed by atoms with Crippen LogP contribution in [0, 0.1) is 0 Å². The van der Waals surface area contributed by atoms with Crippen LogP contribution in [0.4, 0.5) is 0 Å². The van der Waals surface area contributed by atoms with Crippen molar-refractivity contribution < 1.29 is 53.7 Å². The molecule has 19 heteroatoms. The Bertz CT molecular complexity index is 935. The highest BCUT2D eigenvalue weighted by atomic mass is 32.1. The Hall–Kier alpha value is -3.58. The average molecular weight is 583 g/mol. The fourth-order valence-electron chi connectivity index (χ4n) is 2.69. The van der Waals surface area contributed by atoms with Crippen LogP contribution in [0.2, 0.25) is 0 Å². The highest BCUT2D eigenvalue weighted by Crippen LogP contribution is 2.03. The van der Waals surface area contributed by atoms with Crippen molar-refractivity contribution in [1.82, 2.24) is 21.3 Å². The first-order valence-electron chi connectivity index (χ1n) is 10.8. The molecular weight excluding hydrogens is 552 g/mol. The van der Waals surface area contributed by atoms with Crippen molar-refractivity contribution >= 4 is 72.7 Å². The lowest BCUT2D eigenvalue weighted by molar-refractivity contribution is -0.147. The van der Waals surface area contributed by atoms with E-state index in [1.165, 1.54) is 0 Å². The van der Waals surface area contributed by atoms with Crippen molar-refractivity contribution in [1.29, 1.82) is 0 Å². The molecule has 0 aliphatic carbocycles. The molecule has 0 aromatic heterocycles. The first kappa shape index (κ1) is 34.4. The second-order valence-electron chi connectivity index (χ2n) is 7.76. The van der Waals surface area contributed by atoms with Gasteiger partial charge < -0.3 is 48.1 Å². The largest absolute Gasteiger partial charge is 0.481 e. The standard InChI is InChI=1S/C19H30N6O11S2/c20-7(3-13(27)28)15(31)24-10(5-37)17(33)22-8(1-2-12(21)26)16(32)25-11(6-38)18(34)23-9(19(35)36)4-14(29)30/h7-11,37-38H,1-6,20H2,(H2,21,26)(H,22,33)(H,23,34)(H,24,31)(H,25,32)(H,27,28)(H,29,30)(H,35,36)/t7-,8-,9-,10-,11-/m0/s1. The van der Waals surface area contributed by atoms with Crippen LogP contribution in [-0.2, 0) is 38.4 Å². The first-order chi connectivity index (χ1) is 17.6. The van der Waals surface area contributed by atoms with E-state index in [1.54, 1.807) is 0 Å². The number of carbonyl (C=O) groups is 8. The molecule has 5 atom stereocenters. The Kier molecular flexibility index (Phi) is 15.4. The van der Waals surface area contributed by atoms with Crippen molar-refractivity contribution in [2.24, 2.45) is 11.5 Å². The molecule has 11 N–H and O–H groups in total. The molecule has 0 aliphatic rings. The van der Waals surface area contributed by atoms with E-state index in [2.05, 4.69) is 41.2 Å². The number of rotatable bonds is 18. The number of nitrogens with one attached hydrogen (secondary N) is 4. The predicted molar refractivity (Wildman–Crippen MR) is 134 cm³/mol. The zero-order chi connectivity index (χ0) is 29.6. The third-order valence-electron chi connectivity index (χ3n) is 4.67. The summed E-state index contributed by atoms with van der Waals surface area (Å²) in [4.78, 5) is 94.0. The van der Waals surface area contributed by atoms with Crippen molar-refractivity contribution in [2.75, 3.05) is 11.5 Å². The topological polar surface area (TPSA) is 297 Å². The highest BCUT2D eigenvalue weighted by Gasteiger charge is 2.32. The van der Waals surface area contributed by atoms with Crippen molar-refractivity contribution in [3.8, 4) is 0 Å². The molecule has 0 aromatic carbocycles. The third-order valence-corrected chi connectivity index (χ3v) is 5.40. The molecule has 0 radical (unpaired) electrons. The number of amides is 5. The molecule has 0 heterocycles. The van der Waals surface area contributed by atoms with Crippen LogP contribution in [-0.4, -0.2) is 104 Å². The summed E-state index contributed by atoms with van der Waals surface area (Å²) in [6.07, 6.45) is -2.41. The fraction of sp³-hybridized carbons (Fsp3) is 0.579. The maximum atomic E-state index is 12.8. The van der Waals surface area contributed by atoms with E-state index in [9.17, 15) is 38.4 Å². The summed E-state index contributed by atoms with van der Waals surface area (Å²) in [5, 5.41) is 35.2. The van der Waals surface area contributed by atoms with Crippen LogP contribution in [0.15, 0.2) is 0 Å². The molecule has 0 bridgehead atoms. The minimum Gasteiger partial charge on any atom is -0.481 e. The van der Waals surface area contributed by atoms with Gasteiger partial charge in [-0.2, -0.15) is 25.3 Å². The number of nitrogens with two attached hydrogens (primary N) is 2. The summed E-state index contributed by atoms with van der Waals surface area (Å²) < 4.78 is 0. The number of carboxylic acids is 3. The number of aliphatic carboxylic acids is 3. The van der Waals surface area contributed by atoms with Gasteiger partial charge in [-0.1, -0.05) is 0 Å². The molecule has 38 heavy (non-hydrogen) atoms. The summed E-state index contributed by atoms with van der Waals surface area (Å²) in [6, 6.07) is -7.65. The first-order valence-corrected chi connectivity index (χ1v) is 12.0. The monoisotopic (exact) mass is 582 g/mol. The number of hydrogen-bond acceptors (Lipinski definition) is 11. The van der Waals surface area contributed by atoms with Gasteiger partial charge in [0.1, 0.15) is 24.2 Å². The van der Waals surface area contributed by atoms with Crippen LogP contribution in [0.25, 0.3) is 0 Å². The van der Waals surface area contributed by atoms with Gasteiger partial charge in [0, 0.05) is 17.9 Å². The Morgan fingerprint density at radius 2 is 1.03 bits per heavy atom. The van der Waals surface area contributed by atoms with Crippen LogP contribution in [0.5, 0.6) is 0 Å². The number of hydrogen-bond donors (Lipinski definition) is 11. The average Bonchev–Trinajstić information content (AvgIpc) is 2.81. The molecule has 214 valence electrons. The van der Waals surface area contributed by atoms with Gasteiger partial charge in [-0.25, -0.2) is 4.79 Å². The lowest BCUT2D eigenvalue weighted by Crippen LogP contribution is -2.59. The number of carbonyl (C=O) groups excluding carboxylic acids is 5. The summed E-state index contributed by atoms with van der Waals surface area (Å²) in [5.74, 6) is -10.1. The minimum atomic E-state index is -1.81. The van der Waals surface area contributed by atoms with Crippen LogP contribution < -0.4 is 32.7 Å². The lowest BCUT2D eigenvalue weighted by atomic mass is 10.1. The van der Waals surface area contributed by atoms with E-state index < -0.39 is 96.9 Å². The Balaban J connectivity index is 5.54. The zero-order valence-corrected chi connectivity index (χ0v) is 21.6. The van der Waals surface area contributed by atoms with E-state index in [1.807, 2.05) is 5.32 Å². The van der Waals surface area contributed by atoms with Crippen molar-refractivity contribution in [3.63, 3.8) is 0 Å². The predicted octanol–water partition coefficient (Wildman–Crippen LogP) is -4.59. The van der Waals surface area contributed by atoms with E-state index in [4.69, 9.17) is 26.8 Å². The normalized spacial score (nSPS) is 14.5. The zero-order valence-electron chi connectivity index (χ0n) is 19.8. The van der Waals surface area contributed by atoms with Crippen LogP contribution in [0.1, 0.15) is 25.7 Å². The summed E-state index contributed by atoms with van der Waals surface area (Å²) >= 11 is 7.85. The van der Waals surface area contributed by atoms with Crippen LogP contribution >= 0.6 is 25.3 Å². The molecule has 0 spiro atoms. The lowest BCUT2D eigenvalue weighted by Gasteiger charge is -2.25. The fourth-order valence-corrected chi connectivity index (χ4v) is 3.21. The summed E-state index contributed by atoms with van der Waals surface area (Å²) in [6.45, 7) is 0. The van der Waals surface area contributed by atoms with Crippen molar-refractivity contribution in [2.45, 2.75) is 55.9 Å². The summed E-state index contributed by atoms with van der Waals surface area (Å²) in [5.41, 5.74) is 10.6. The third kappa shape index (κ3) is 13.1. The maximum absolute atomic E-state index is 12.8. The molecule has 0 unspecified atom stereocenters. The SMILES string of the molecule is NC(=O)CC[C@H](NC(=O)[C@H](CS)NC(=O)[C@@H](N)CC(=O)O)C(=O)N[C@@H](CS)C(=O)N[C@@H](CC(=O)O)C(=O)O. The molecular formula is C19H30N6O11S2. The molecule has 0 aliphatic heterocycles. The molecule has 0 saturated heterocycles. The number of carboxylic acid groups (broad SMARTS) is 3. The second-order valence-corrected chi connectivity index (χ2v) is 8.49. The molecule has 0 rings (SSSR count). The van der Waals surface area contributed by atoms with Gasteiger partial charge in [-0.3, -0.25) is 33.6 Å². The van der Waals surface area contributed by atoms with Gasteiger partial charge in [0.25, 0.3) is 0 Å². The van der Waals surface area contributed by atoms with E-state index >= 15 is 0 Å². The van der Waals surface area contributed by atoms with Gasteiger partial charge >= 0.3 is 17.9 Å². The quantitative estimate of drug-likeness (QED) is 0.0681. The van der Waals surface area contributed by atoms with Gasteiger partial charge in [-0.05, 0) is 6.42 Å². The Morgan fingerprint density at radius 3 is 1.42 bits per heavy atom. The van der Waals surface area contributed by atoms with Gasteiger partial charge in [0.05, 0.1) is 18.9 Å².